The highest BCUT2D eigenvalue weighted by Gasteiger charge is 2.39. The van der Waals surface area contributed by atoms with Crippen LogP contribution in [-0.2, 0) is 16.0 Å². The van der Waals surface area contributed by atoms with Crippen molar-refractivity contribution in [3.8, 4) is 11.5 Å². The number of benzene rings is 3. The van der Waals surface area contributed by atoms with E-state index in [4.69, 9.17) is 0 Å². The highest BCUT2D eigenvalue weighted by atomic mass is 16.3. The maximum Gasteiger partial charge on any atom is 0.262 e. The van der Waals surface area contributed by atoms with Gasteiger partial charge in [-0.25, -0.2) is 0 Å². The molecule has 2 N–H and O–H groups in total. The van der Waals surface area contributed by atoms with Gasteiger partial charge in [0.1, 0.15) is 11.5 Å². The van der Waals surface area contributed by atoms with Crippen molar-refractivity contribution >= 4 is 23.0 Å². The van der Waals surface area contributed by atoms with Gasteiger partial charge in [-0.3, -0.25) is 14.5 Å². The van der Waals surface area contributed by atoms with E-state index in [1.165, 1.54) is 29.2 Å². The van der Waals surface area contributed by atoms with Gasteiger partial charge >= 0.3 is 0 Å². The quantitative estimate of drug-likeness (QED) is 0.658. The lowest BCUT2D eigenvalue weighted by Crippen LogP contribution is -2.33. The fraction of sp³-hybridized carbons (Fsp3) is 0.0833. The summed E-state index contributed by atoms with van der Waals surface area (Å²) < 4.78 is 0. The molecule has 0 aromatic heterocycles. The summed E-state index contributed by atoms with van der Waals surface area (Å²) in [6, 6.07) is 22.1. The summed E-state index contributed by atoms with van der Waals surface area (Å²) in [4.78, 5) is 27.7. The van der Waals surface area contributed by atoms with E-state index in [0.29, 0.717) is 28.7 Å². The maximum absolute atomic E-state index is 13.2. The molecule has 4 rings (SSSR count). The Morgan fingerprint density at radius 3 is 1.52 bits per heavy atom. The van der Waals surface area contributed by atoms with Crippen molar-refractivity contribution in [2.45, 2.75) is 6.42 Å². The zero-order valence-electron chi connectivity index (χ0n) is 15.6. The average Bonchev–Trinajstić information content (AvgIpc) is 2.98. The molecule has 1 heterocycles. The van der Waals surface area contributed by atoms with Gasteiger partial charge in [-0.2, -0.15) is 0 Å². The van der Waals surface area contributed by atoms with Gasteiger partial charge in [0.2, 0.25) is 0 Å². The highest BCUT2D eigenvalue weighted by Crippen LogP contribution is 2.36. The summed E-state index contributed by atoms with van der Waals surface area (Å²) in [7, 11) is 0. The molecule has 29 heavy (non-hydrogen) atoms. The van der Waals surface area contributed by atoms with Crippen LogP contribution in [0.3, 0.4) is 0 Å². The van der Waals surface area contributed by atoms with Crippen LogP contribution in [0, 0.1) is 0 Å². The molecule has 2 amide bonds. The average molecular weight is 385 g/mol. The number of phenols is 2. The molecule has 5 nitrogen and oxygen atoms in total. The molecule has 1 aliphatic heterocycles. The van der Waals surface area contributed by atoms with E-state index in [-0.39, 0.29) is 29.9 Å². The molecule has 0 radical (unpaired) electrons. The molecule has 0 fully saturated rings. The Kier molecular flexibility index (Phi) is 4.87. The standard InChI is InChI=1S/C24H19NO4/c26-19-10-6-17(7-11-19)21-22(18-8-12-20(27)13-9-18)24(29)25(23(21)28)15-14-16-4-2-1-3-5-16/h1-13,26-27H,14-15H2. The van der Waals surface area contributed by atoms with Crippen LogP contribution in [0.1, 0.15) is 16.7 Å². The predicted octanol–water partition coefficient (Wildman–Crippen LogP) is 3.62. The number of nitrogens with zero attached hydrogens (tertiary/aromatic N) is 1. The van der Waals surface area contributed by atoms with Crippen LogP contribution in [0.2, 0.25) is 0 Å². The van der Waals surface area contributed by atoms with E-state index in [2.05, 4.69) is 0 Å². The third-order valence-corrected chi connectivity index (χ3v) is 4.95. The Morgan fingerprint density at radius 1 is 0.621 bits per heavy atom. The molecule has 0 spiro atoms. The smallest absolute Gasteiger partial charge is 0.262 e. The van der Waals surface area contributed by atoms with Crippen molar-refractivity contribution in [2.24, 2.45) is 0 Å². The highest BCUT2D eigenvalue weighted by molar-refractivity contribution is 6.49. The lowest BCUT2D eigenvalue weighted by Gasteiger charge is -2.15. The minimum Gasteiger partial charge on any atom is -0.508 e. The minimum absolute atomic E-state index is 0.0817. The van der Waals surface area contributed by atoms with Crippen LogP contribution in [0.4, 0.5) is 0 Å². The molecule has 0 atom stereocenters. The number of aromatic hydroxyl groups is 2. The summed E-state index contributed by atoms with van der Waals surface area (Å²) in [5, 5.41) is 19.2. The van der Waals surface area contributed by atoms with Crippen LogP contribution in [0.5, 0.6) is 11.5 Å². The monoisotopic (exact) mass is 385 g/mol. The molecule has 0 aliphatic carbocycles. The fourth-order valence-electron chi connectivity index (χ4n) is 3.46. The van der Waals surface area contributed by atoms with Gasteiger partial charge in [-0.05, 0) is 47.4 Å². The third-order valence-electron chi connectivity index (χ3n) is 4.95. The topological polar surface area (TPSA) is 77.8 Å². The first-order chi connectivity index (χ1) is 14.0. The number of carbonyl (C=O) groups excluding carboxylic acids is 2. The zero-order chi connectivity index (χ0) is 20.4. The zero-order valence-corrected chi connectivity index (χ0v) is 15.6. The van der Waals surface area contributed by atoms with Crippen LogP contribution < -0.4 is 0 Å². The van der Waals surface area contributed by atoms with Crippen molar-refractivity contribution in [3.05, 3.63) is 95.6 Å². The van der Waals surface area contributed by atoms with Gasteiger partial charge in [0.05, 0.1) is 11.1 Å². The summed E-state index contributed by atoms with van der Waals surface area (Å²) in [5.74, 6) is -0.559. The Balaban J connectivity index is 1.73. The van der Waals surface area contributed by atoms with Crippen LogP contribution in [-0.4, -0.2) is 33.5 Å². The van der Waals surface area contributed by atoms with E-state index in [1.807, 2.05) is 30.3 Å². The Bertz CT molecular complexity index is 1020. The predicted molar refractivity (Wildman–Crippen MR) is 110 cm³/mol. The molecular weight excluding hydrogens is 366 g/mol. The molecule has 144 valence electrons. The van der Waals surface area contributed by atoms with Crippen LogP contribution >= 0.6 is 0 Å². The number of hydrogen-bond acceptors (Lipinski definition) is 4. The molecule has 3 aromatic carbocycles. The van der Waals surface area contributed by atoms with Crippen molar-refractivity contribution in [3.63, 3.8) is 0 Å². The van der Waals surface area contributed by atoms with E-state index < -0.39 is 0 Å². The molecule has 3 aromatic rings. The van der Waals surface area contributed by atoms with E-state index in [1.54, 1.807) is 24.3 Å². The summed E-state index contributed by atoms with van der Waals surface area (Å²) in [6.07, 6.45) is 0.560. The van der Waals surface area contributed by atoms with Crippen molar-refractivity contribution in [1.82, 2.24) is 4.90 Å². The molecule has 0 saturated carbocycles. The number of imide groups is 1. The minimum atomic E-state index is -0.361. The number of amides is 2. The SMILES string of the molecule is O=C1C(c2ccc(O)cc2)=C(c2ccc(O)cc2)C(=O)N1CCc1ccccc1. The Labute approximate surface area is 168 Å². The first kappa shape index (κ1) is 18.5. The van der Waals surface area contributed by atoms with Gasteiger partial charge in [0.15, 0.2) is 0 Å². The maximum atomic E-state index is 13.2. The Hall–Kier alpha value is -3.86. The number of carbonyl (C=O) groups is 2. The van der Waals surface area contributed by atoms with Gasteiger partial charge in [-0.1, -0.05) is 54.6 Å². The van der Waals surface area contributed by atoms with Gasteiger partial charge in [0.25, 0.3) is 11.8 Å². The molecule has 1 aliphatic rings. The van der Waals surface area contributed by atoms with E-state index in [0.717, 1.165) is 5.56 Å². The molecule has 0 saturated heterocycles. The second kappa shape index (κ2) is 7.64. The number of phenolic OH excluding ortho intramolecular Hbond substituents is 2. The summed E-state index contributed by atoms with van der Waals surface area (Å²) in [6.45, 7) is 0.269. The lowest BCUT2D eigenvalue weighted by atomic mass is 9.96. The van der Waals surface area contributed by atoms with Gasteiger partial charge in [0, 0.05) is 6.54 Å². The van der Waals surface area contributed by atoms with E-state index >= 15 is 0 Å². The second-order valence-electron chi connectivity index (χ2n) is 6.84. The van der Waals surface area contributed by atoms with Gasteiger partial charge < -0.3 is 10.2 Å². The summed E-state index contributed by atoms with van der Waals surface area (Å²) in [5.41, 5.74) is 2.76. The Morgan fingerprint density at radius 2 is 1.07 bits per heavy atom. The number of hydrogen-bond donors (Lipinski definition) is 2. The fourth-order valence-corrected chi connectivity index (χ4v) is 3.46. The van der Waals surface area contributed by atoms with Gasteiger partial charge in [-0.15, -0.1) is 0 Å². The molecular formula is C24H19NO4. The van der Waals surface area contributed by atoms with Crippen molar-refractivity contribution in [2.75, 3.05) is 6.54 Å². The van der Waals surface area contributed by atoms with Crippen molar-refractivity contribution < 1.29 is 19.8 Å². The molecule has 0 bridgehead atoms. The lowest BCUT2D eigenvalue weighted by molar-refractivity contribution is -0.135. The molecule has 5 heteroatoms. The second-order valence-corrected chi connectivity index (χ2v) is 6.84. The van der Waals surface area contributed by atoms with Crippen LogP contribution in [0.25, 0.3) is 11.1 Å². The third kappa shape index (κ3) is 3.62. The largest absolute Gasteiger partial charge is 0.508 e. The molecule has 0 unspecified atom stereocenters. The first-order valence-electron chi connectivity index (χ1n) is 9.28. The normalized spacial score (nSPS) is 14.0. The van der Waals surface area contributed by atoms with Crippen LogP contribution in [0.15, 0.2) is 78.9 Å². The van der Waals surface area contributed by atoms with E-state index in [9.17, 15) is 19.8 Å². The van der Waals surface area contributed by atoms with Crippen molar-refractivity contribution in [1.29, 1.82) is 0 Å². The first-order valence-corrected chi connectivity index (χ1v) is 9.28. The summed E-state index contributed by atoms with van der Waals surface area (Å²) >= 11 is 0. The number of rotatable bonds is 5.